The van der Waals surface area contributed by atoms with Gasteiger partial charge in [-0.25, -0.2) is 0 Å². The standard InChI is InChI=1S/C11H22O.C2H6O/c1-10(2,3)9-5-7-11(4,12)8-6-9;1-3-2/h9,12H,5-8H2,1-4H3;1-2H3. The van der Waals surface area contributed by atoms with Gasteiger partial charge in [0, 0.05) is 14.2 Å². The zero-order valence-corrected chi connectivity index (χ0v) is 11.3. The monoisotopic (exact) mass is 216 g/mol. The topological polar surface area (TPSA) is 29.5 Å². The van der Waals surface area contributed by atoms with Gasteiger partial charge in [0.25, 0.3) is 0 Å². The van der Waals surface area contributed by atoms with Crippen LogP contribution in [0, 0.1) is 11.3 Å². The van der Waals surface area contributed by atoms with E-state index in [-0.39, 0.29) is 5.60 Å². The van der Waals surface area contributed by atoms with Gasteiger partial charge in [0.2, 0.25) is 0 Å². The summed E-state index contributed by atoms with van der Waals surface area (Å²) in [7, 11) is 3.25. The lowest BCUT2D eigenvalue weighted by Crippen LogP contribution is -2.34. The molecule has 0 saturated heterocycles. The van der Waals surface area contributed by atoms with Gasteiger partial charge in [-0.2, -0.15) is 0 Å². The van der Waals surface area contributed by atoms with Crippen molar-refractivity contribution in [1.29, 1.82) is 0 Å². The predicted molar refractivity (Wildman–Crippen MR) is 65.0 cm³/mol. The van der Waals surface area contributed by atoms with E-state index in [1.807, 2.05) is 6.92 Å². The van der Waals surface area contributed by atoms with Crippen LogP contribution < -0.4 is 0 Å². The van der Waals surface area contributed by atoms with Crippen LogP contribution >= 0.6 is 0 Å². The number of methoxy groups -OCH3 is 1. The van der Waals surface area contributed by atoms with E-state index in [1.165, 1.54) is 12.8 Å². The van der Waals surface area contributed by atoms with Crippen LogP contribution in [0.3, 0.4) is 0 Å². The Labute approximate surface area is 95.0 Å². The summed E-state index contributed by atoms with van der Waals surface area (Å²) in [6.45, 7) is 8.87. The lowest BCUT2D eigenvalue weighted by Gasteiger charge is -2.39. The van der Waals surface area contributed by atoms with Crippen molar-refractivity contribution in [2.75, 3.05) is 14.2 Å². The Balaban J connectivity index is 0.000000583. The molecule has 0 atom stereocenters. The summed E-state index contributed by atoms with van der Waals surface area (Å²) >= 11 is 0. The molecule has 1 aliphatic rings. The quantitative estimate of drug-likeness (QED) is 0.673. The molecule has 92 valence electrons. The molecule has 2 heteroatoms. The van der Waals surface area contributed by atoms with Gasteiger partial charge in [0.15, 0.2) is 0 Å². The van der Waals surface area contributed by atoms with Crippen LogP contribution in [-0.4, -0.2) is 24.9 Å². The minimum atomic E-state index is -0.373. The molecule has 2 nitrogen and oxygen atoms in total. The zero-order chi connectivity index (χ0) is 12.1. The summed E-state index contributed by atoms with van der Waals surface area (Å²) in [5, 5.41) is 9.76. The van der Waals surface area contributed by atoms with Crippen LogP contribution in [0.15, 0.2) is 0 Å². The summed E-state index contributed by atoms with van der Waals surface area (Å²) in [6, 6.07) is 0. The maximum absolute atomic E-state index is 9.76. The fourth-order valence-electron chi connectivity index (χ4n) is 2.11. The van der Waals surface area contributed by atoms with Gasteiger partial charge in [-0.3, -0.25) is 0 Å². The van der Waals surface area contributed by atoms with Crippen molar-refractivity contribution >= 4 is 0 Å². The summed E-state index contributed by atoms with van der Waals surface area (Å²) in [4.78, 5) is 0. The van der Waals surface area contributed by atoms with E-state index in [2.05, 4.69) is 25.5 Å². The van der Waals surface area contributed by atoms with Gasteiger partial charge in [-0.05, 0) is 43.9 Å². The Hall–Kier alpha value is -0.0800. The molecule has 0 bridgehead atoms. The van der Waals surface area contributed by atoms with Crippen molar-refractivity contribution in [3.8, 4) is 0 Å². The molecule has 15 heavy (non-hydrogen) atoms. The molecule has 0 aromatic rings. The first-order chi connectivity index (χ1) is 6.73. The minimum absolute atomic E-state index is 0.373. The summed E-state index contributed by atoms with van der Waals surface area (Å²) < 4.78 is 4.25. The van der Waals surface area contributed by atoms with Gasteiger partial charge in [0.1, 0.15) is 0 Å². The van der Waals surface area contributed by atoms with Crippen LogP contribution in [-0.2, 0) is 4.74 Å². The van der Waals surface area contributed by atoms with Crippen molar-refractivity contribution in [2.24, 2.45) is 11.3 Å². The molecule has 0 spiro atoms. The molecule has 1 N–H and O–H groups in total. The Morgan fingerprint density at radius 2 is 1.47 bits per heavy atom. The average molecular weight is 216 g/mol. The fourth-order valence-corrected chi connectivity index (χ4v) is 2.11. The fraction of sp³-hybridized carbons (Fsp3) is 1.00. The van der Waals surface area contributed by atoms with Crippen molar-refractivity contribution in [3.05, 3.63) is 0 Å². The van der Waals surface area contributed by atoms with Gasteiger partial charge in [-0.15, -0.1) is 0 Å². The zero-order valence-electron chi connectivity index (χ0n) is 11.3. The largest absolute Gasteiger partial charge is 0.390 e. The van der Waals surface area contributed by atoms with Crippen LogP contribution in [0.25, 0.3) is 0 Å². The number of hydrogen-bond donors (Lipinski definition) is 1. The Kier molecular flexibility index (Phi) is 5.82. The molecule has 1 rings (SSSR count). The number of aliphatic hydroxyl groups is 1. The lowest BCUT2D eigenvalue weighted by molar-refractivity contribution is -0.00969. The van der Waals surface area contributed by atoms with Crippen LogP contribution in [0.2, 0.25) is 0 Å². The first-order valence-corrected chi connectivity index (χ1v) is 5.85. The van der Waals surface area contributed by atoms with E-state index in [1.54, 1.807) is 14.2 Å². The Bertz CT molecular complexity index is 158. The Morgan fingerprint density at radius 3 is 1.73 bits per heavy atom. The second-order valence-corrected chi connectivity index (χ2v) is 6.05. The highest BCUT2D eigenvalue weighted by Crippen LogP contribution is 2.40. The van der Waals surface area contributed by atoms with E-state index in [4.69, 9.17) is 0 Å². The van der Waals surface area contributed by atoms with Gasteiger partial charge >= 0.3 is 0 Å². The second kappa shape index (κ2) is 5.86. The van der Waals surface area contributed by atoms with Gasteiger partial charge in [-0.1, -0.05) is 20.8 Å². The second-order valence-electron chi connectivity index (χ2n) is 6.05. The number of rotatable bonds is 0. The molecule has 0 aromatic heterocycles. The third kappa shape index (κ3) is 6.16. The summed E-state index contributed by atoms with van der Waals surface area (Å²) in [5.41, 5.74) is 0.0538. The van der Waals surface area contributed by atoms with E-state index in [0.29, 0.717) is 5.41 Å². The van der Waals surface area contributed by atoms with E-state index in [9.17, 15) is 5.11 Å². The first kappa shape index (κ1) is 14.9. The van der Waals surface area contributed by atoms with E-state index in [0.717, 1.165) is 18.8 Å². The van der Waals surface area contributed by atoms with Gasteiger partial charge < -0.3 is 9.84 Å². The number of hydrogen-bond acceptors (Lipinski definition) is 2. The van der Waals surface area contributed by atoms with Crippen LogP contribution in [0.1, 0.15) is 53.4 Å². The van der Waals surface area contributed by atoms with Crippen molar-refractivity contribution in [3.63, 3.8) is 0 Å². The molecule has 0 aromatic carbocycles. The van der Waals surface area contributed by atoms with E-state index >= 15 is 0 Å². The van der Waals surface area contributed by atoms with Crippen molar-refractivity contribution < 1.29 is 9.84 Å². The molecule has 0 heterocycles. The molecular weight excluding hydrogens is 188 g/mol. The van der Waals surface area contributed by atoms with Crippen LogP contribution in [0.5, 0.6) is 0 Å². The first-order valence-electron chi connectivity index (χ1n) is 5.85. The molecule has 1 saturated carbocycles. The smallest absolute Gasteiger partial charge is 0.0620 e. The molecule has 0 radical (unpaired) electrons. The molecule has 0 amide bonds. The normalized spacial score (nSPS) is 31.8. The molecular formula is C13H28O2. The highest BCUT2D eigenvalue weighted by molar-refractivity contribution is 4.86. The predicted octanol–water partition coefficient (Wildman–Crippen LogP) is 3.24. The third-order valence-electron chi connectivity index (χ3n) is 3.29. The van der Waals surface area contributed by atoms with Crippen molar-refractivity contribution in [2.45, 2.75) is 59.0 Å². The molecule has 0 aliphatic heterocycles. The molecule has 1 aliphatic carbocycles. The molecule has 0 unspecified atom stereocenters. The SMILES string of the molecule is CC1(O)CCC(C(C)(C)C)CC1.COC. The highest BCUT2D eigenvalue weighted by atomic mass is 16.4. The van der Waals surface area contributed by atoms with Crippen molar-refractivity contribution in [1.82, 2.24) is 0 Å². The maximum Gasteiger partial charge on any atom is 0.0620 e. The van der Waals surface area contributed by atoms with Gasteiger partial charge in [0.05, 0.1) is 5.60 Å². The minimum Gasteiger partial charge on any atom is -0.390 e. The summed E-state index contributed by atoms with van der Waals surface area (Å²) in [6.07, 6.45) is 4.34. The van der Waals surface area contributed by atoms with E-state index < -0.39 is 0 Å². The lowest BCUT2D eigenvalue weighted by atomic mass is 9.69. The molecule has 1 fully saturated rings. The maximum atomic E-state index is 9.76. The third-order valence-corrected chi connectivity index (χ3v) is 3.29. The highest BCUT2D eigenvalue weighted by Gasteiger charge is 2.33. The average Bonchev–Trinajstić information content (AvgIpc) is 2.02. The van der Waals surface area contributed by atoms with Crippen LogP contribution in [0.4, 0.5) is 0 Å². The Morgan fingerprint density at radius 1 is 1.13 bits per heavy atom. The number of ether oxygens (including phenoxy) is 1. The summed E-state index contributed by atoms with van der Waals surface area (Å²) in [5.74, 6) is 0.803.